The number of halogens is 3. The van der Waals surface area contributed by atoms with Gasteiger partial charge in [-0.25, -0.2) is 0 Å². The molecule has 0 aliphatic heterocycles. The molecule has 1 aromatic heterocycles. The van der Waals surface area contributed by atoms with Gasteiger partial charge in [0, 0.05) is 5.56 Å². The second kappa shape index (κ2) is 13.0. The molecular weight excluding hydrogens is 586 g/mol. The summed E-state index contributed by atoms with van der Waals surface area (Å²) in [6, 6.07) is 20.0. The van der Waals surface area contributed by atoms with Crippen molar-refractivity contribution < 1.29 is 40.6 Å². The first-order valence-electron chi connectivity index (χ1n) is 13.2. The zero-order chi connectivity index (χ0) is 31.4. The fourth-order valence-corrected chi connectivity index (χ4v) is 5.66. The van der Waals surface area contributed by atoms with Crippen molar-refractivity contribution in [1.82, 2.24) is 15.1 Å². The molecule has 0 saturated carbocycles. The van der Waals surface area contributed by atoms with Crippen LogP contribution in [0.3, 0.4) is 0 Å². The molecule has 226 valence electrons. The highest BCUT2D eigenvalue weighted by molar-refractivity contribution is 7.87. The first kappa shape index (κ1) is 31.8. The fourth-order valence-electron chi connectivity index (χ4n) is 4.49. The van der Waals surface area contributed by atoms with E-state index >= 15 is 0 Å². The third-order valence-electron chi connectivity index (χ3n) is 6.40. The van der Waals surface area contributed by atoms with Crippen molar-refractivity contribution in [2.45, 2.75) is 43.8 Å². The fraction of sp³-hybridized carbons (Fsp3) is 0.241. The molecule has 0 spiro atoms. The Morgan fingerprint density at radius 2 is 1.63 bits per heavy atom. The summed E-state index contributed by atoms with van der Waals surface area (Å²) in [4.78, 5) is 11.9. The molecule has 0 aliphatic carbocycles. The second-order valence-corrected chi connectivity index (χ2v) is 11.7. The molecule has 43 heavy (non-hydrogen) atoms. The largest absolute Gasteiger partial charge is 0.475 e. The van der Waals surface area contributed by atoms with Crippen LogP contribution >= 0.6 is 0 Å². The summed E-state index contributed by atoms with van der Waals surface area (Å²) in [6.45, 7) is 3.42. The number of nitrogens with zero attached hydrogens (tertiary/aromatic N) is 2. The summed E-state index contributed by atoms with van der Waals surface area (Å²) in [6.07, 6.45) is -4.62. The zero-order valence-corrected chi connectivity index (χ0v) is 24.0. The van der Waals surface area contributed by atoms with E-state index in [0.717, 1.165) is 18.2 Å². The van der Waals surface area contributed by atoms with E-state index in [1.54, 1.807) is 42.5 Å². The van der Waals surface area contributed by atoms with Crippen LogP contribution in [0.1, 0.15) is 25.8 Å². The Morgan fingerprint density at radius 3 is 2.28 bits per heavy atom. The molecule has 4 aromatic rings. The normalized spacial score (nSPS) is 12.7. The Morgan fingerprint density at radius 1 is 1.00 bits per heavy atom. The van der Waals surface area contributed by atoms with Gasteiger partial charge < -0.3 is 19.5 Å². The Kier molecular flexibility index (Phi) is 9.63. The van der Waals surface area contributed by atoms with Gasteiger partial charge in [0.25, 0.3) is 0 Å². The minimum Gasteiger partial charge on any atom is -0.426 e. The zero-order valence-electron chi connectivity index (χ0n) is 23.2. The van der Waals surface area contributed by atoms with E-state index < -0.39 is 45.7 Å². The molecule has 9 nitrogen and oxygen atoms in total. The molecule has 3 N–H and O–H groups in total. The first-order chi connectivity index (χ1) is 20.3. The summed E-state index contributed by atoms with van der Waals surface area (Å²) >= 11 is 0. The van der Waals surface area contributed by atoms with Crippen LogP contribution in [0.25, 0.3) is 22.5 Å². The number of hydrogen-bond acceptors (Lipinski definition) is 7. The number of aromatic nitrogens is 2. The van der Waals surface area contributed by atoms with E-state index in [0.29, 0.717) is 23.7 Å². The number of para-hydroxylation sites is 1. The van der Waals surface area contributed by atoms with Crippen molar-refractivity contribution in [3.05, 3.63) is 90.5 Å². The minimum atomic E-state index is -4.93. The van der Waals surface area contributed by atoms with E-state index in [4.69, 9.17) is 4.18 Å². The molecule has 1 atom stereocenters. The van der Waals surface area contributed by atoms with Crippen molar-refractivity contribution in [3.63, 3.8) is 0 Å². The number of carbonyl (C=O) groups excluding carboxylic acids is 1. The number of amides is 1. The summed E-state index contributed by atoms with van der Waals surface area (Å²) in [7, 11) is -6.71. The quantitative estimate of drug-likeness (QED) is 0.167. The van der Waals surface area contributed by atoms with Gasteiger partial charge in [-0.15, -0.1) is 0 Å². The van der Waals surface area contributed by atoms with Gasteiger partial charge >= 0.3 is 23.4 Å². The van der Waals surface area contributed by atoms with Crippen LogP contribution in [0.4, 0.5) is 13.2 Å². The molecule has 0 radical (unpaired) electrons. The van der Waals surface area contributed by atoms with Crippen LogP contribution in [-0.2, 0) is 27.6 Å². The summed E-state index contributed by atoms with van der Waals surface area (Å²) in [5.74, 6) is -1.67. The highest BCUT2D eigenvalue weighted by Gasteiger charge is 2.38. The number of rotatable bonds is 11. The maximum Gasteiger partial charge on any atom is 0.475 e. The predicted octanol–water partition coefficient (Wildman–Crippen LogP) is 4.55. The summed E-state index contributed by atoms with van der Waals surface area (Å²) < 4.78 is 73.5. The molecular formula is C29H29BF3N3O6S. The second-order valence-electron chi connectivity index (χ2n) is 10.2. The van der Waals surface area contributed by atoms with Crippen molar-refractivity contribution in [2.24, 2.45) is 5.92 Å². The van der Waals surface area contributed by atoms with Gasteiger partial charge in [0.2, 0.25) is 5.91 Å². The maximum atomic E-state index is 13.6. The van der Waals surface area contributed by atoms with Gasteiger partial charge in [0.1, 0.15) is 11.4 Å². The van der Waals surface area contributed by atoms with Crippen molar-refractivity contribution in [3.8, 4) is 28.3 Å². The highest BCUT2D eigenvalue weighted by atomic mass is 32.2. The first-order valence-corrected chi connectivity index (χ1v) is 14.7. The lowest BCUT2D eigenvalue weighted by Crippen LogP contribution is -2.48. The van der Waals surface area contributed by atoms with Gasteiger partial charge in [0.15, 0.2) is 5.75 Å². The third kappa shape index (κ3) is 7.83. The standard InChI is InChI=1S/C29H29BF3N3O6S/c1-19(2)16-27(30(38)39)34-28(37)18-36-24(20-10-4-3-5-11-20)17-23(35-36)21-12-6-8-14-25(21)42-43(40,41)26-15-9-7-13-22(26)29(31,32)33/h3-15,17,19,27,38-39H,16,18H2,1-2H3,(H,34,37)/t27-/m0/s1. The Hall–Kier alpha value is -4.14. The van der Waals surface area contributed by atoms with Crippen LogP contribution in [0.15, 0.2) is 89.8 Å². The van der Waals surface area contributed by atoms with Crippen LogP contribution < -0.4 is 9.50 Å². The lowest BCUT2D eigenvalue weighted by Gasteiger charge is -2.20. The smallest absolute Gasteiger partial charge is 0.426 e. The van der Waals surface area contributed by atoms with Crippen molar-refractivity contribution in [1.29, 1.82) is 0 Å². The number of alkyl halides is 3. The molecule has 1 heterocycles. The predicted molar refractivity (Wildman–Crippen MR) is 154 cm³/mol. The van der Waals surface area contributed by atoms with E-state index in [2.05, 4.69) is 10.4 Å². The Balaban J connectivity index is 1.72. The van der Waals surface area contributed by atoms with Crippen molar-refractivity contribution in [2.75, 3.05) is 0 Å². The van der Waals surface area contributed by atoms with Gasteiger partial charge in [0.05, 0.1) is 22.9 Å². The van der Waals surface area contributed by atoms with E-state index in [1.807, 2.05) is 13.8 Å². The highest BCUT2D eigenvalue weighted by Crippen LogP contribution is 2.37. The van der Waals surface area contributed by atoms with Crippen LogP contribution in [0.5, 0.6) is 5.75 Å². The summed E-state index contributed by atoms with van der Waals surface area (Å²) in [5, 5.41) is 26.6. The SMILES string of the molecule is CC(C)C[C@H](NC(=O)Cn1nc(-c2ccccc2OS(=O)(=O)c2ccccc2C(F)(F)F)cc1-c1ccccc1)B(O)O. The molecule has 0 aliphatic rings. The Bertz CT molecular complexity index is 1680. The third-order valence-corrected chi connectivity index (χ3v) is 7.69. The van der Waals surface area contributed by atoms with Crippen LogP contribution in [-0.4, -0.2) is 47.2 Å². The minimum absolute atomic E-state index is 0.0687. The number of benzene rings is 3. The number of nitrogens with one attached hydrogen (secondary N) is 1. The molecule has 0 saturated heterocycles. The number of carbonyl (C=O) groups is 1. The van der Waals surface area contributed by atoms with Crippen LogP contribution in [0.2, 0.25) is 0 Å². The molecule has 3 aromatic carbocycles. The molecule has 0 bridgehead atoms. The molecule has 0 unspecified atom stereocenters. The molecule has 0 fully saturated rings. The monoisotopic (exact) mass is 615 g/mol. The van der Waals surface area contributed by atoms with Gasteiger partial charge in [-0.3, -0.25) is 9.48 Å². The number of hydrogen-bond donors (Lipinski definition) is 3. The average Bonchev–Trinajstić information content (AvgIpc) is 3.35. The Labute approximate surface area is 247 Å². The van der Waals surface area contributed by atoms with Gasteiger partial charge in [-0.2, -0.15) is 26.7 Å². The average molecular weight is 615 g/mol. The lowest BCUT2D eigenvalue weighted by molar-refractivity contribution is -0.140. The van der Waals surface area contributed by atoms with Crippen LogP contribution in [0, 0.1) is 5.92 Å². The van der Waals surface area contributed by atoms with E-state index in [-0.39, 0.29) is 29.5 Å². The van der Waals surface area contributed by atoms with Gasteiger partial charge in [-0.1, -0.05) is 68.4 Å². The van der Waals surface area contributed by atoms with E-state index in [9.17, 15) is 36.4 Å². The van der Waals surface area contributed by atoms with E-state index in [1.165, 1.54) is 22.9 Å². The summed E-state index contributed by atoms with van der Waals surface area (Å²) in [5.41, 5.74) is 0.103. The van der Waals surface area contributed by atoms with Crippen molar-refractivity contribution >= 4 is 23.1 Å². The molecule has 1 amide bonds. The topological polar surface area (TPSA) is 131 Å². The molecule has 4 rings (SSSR count). The lowest BCUT2D eigenvalue weighted by atomic mass is 9.75. The van der Waals surface area contributed by atoms with Gasteiger partial charge in [-0.05, 0) is 48.2 Å². The molecule has 14 heteroatoms. The maximum absolute atomic E-state index is 13.6.